The summed E-state index contributed by atoms with van der Waals surface area (Å²) in [4.78, 5) is 26.2. The first-order chi connectivity index (χ1) is 20.0. The molecule has 8 nitrogen and oxygen atoms in total. The zero-order valence-corrected chi connectivity index (χ0v) is 24.8. The van der Waals surface area contributed by atoms with Crippen LogP contribution in [0.4, 0.5) is 11.4 Å². The van der Waals surface area contributed by atoms with E-state index in [4.69, 9.17) is 33.7 Å². The third-order valence-corrected chi connectivity index (χ3v) is 8.38. The first kappa shape index (κ1) is 29.2. The van der Waals surface area contributed by atoms with Crippen LogP contribution in [-0.2, 0) is 11.4 Å². The summed E-state index contributed by atoms with van der Waals surface area (Å²) in [7, 11) is 0. The second-order valence-corrected chi connectivity index (χ2v) is 11.4. The molecule has 0 bridgehead atoms. The molecule has 1 aliphatic heterocycles. The fourth-order valence-corrected chi connectivity index (χ4v) is 6.23. The number of allylic oxidation sites excluding steroid dienone is 3. The largest absolute Gasteiger partial charge is 0.489 e. The molecule has 0 fully saturated rings. The van der Waals surface area contributed by atoms with Gasteiger partial charge in [-0.25, -0.2) is 0 Å². The predicted molar refractivity (Wildman–Crippen MR) is 162 cm³/mol. The van der Waals surface area contributed by atoms with E-state index in [0.717, 1.165) is 27.8 Å². The summed E-state index contributed by atoms with van der Waals surface area (Å²) in [6.07, 6.45) is 1.39. The number of nitriles is 1. The van der Waals surface area contributed by atoms with Crippen molar-refractivity contribution in [3.8, 4) is 11.8 Å². The van der Waals surface area contributed by atoms with Gasteiger partial charge >= 0.3 is 0 Å². The molecule has 3 aromatic rings. The Bertz CT molecular complexity index is 1760. The van der Waals surface area contributed by atoms with Crippen molar-refractivity contribution in [1.82, 2.24) is 0 Å². The predicted octanol–water partition coefficient (Wildman–Crippen LogP) is 7.71. The van der Waals surface area contributed by atoms with Gasteiger partial charge in [0.2, 0.25) is 0 Å². The fourth-order valence-electron chi connectivity index (χ4n) is 5.80. The minimum atomic E-state index is -0.706. The van der Waals surface area contributed by atoms with Gasteiger partial charge in [-0.1, -0.05) is 40.9 Å². The number of nitrogens with zero attached hydrogens (tertiary/aromatic N) is 3. The van der Waals surface area contributed by atoms with E-state index in [0.29, 0.717) is 41.3 Å². The molecule has 3 aromatic carbocycles. The van der Waals surface area contributed by atoms with Crippen molar-refractivity contribution in [3.05, 3.63) is 119 Å². The number of benzene rings is 3. The summed E-state index contributed by atoms with van der Waals surface area (Å²) in [6.45, 7) is 6.10. The summed E-state index contributed by atoms with van der Waals surface area (Å²) in [5.41, 5.74) is 12.4. The number of halogens is 2. The van der Waals surface area contributed by atoms with E-state index in [-0.39, 0.29) is 40.2 Å². The van der Waals surface area contributed by atoms with Crippen LogP contribution in [0.3, 0.4) is 0 Å². The van der Waals surface area contributed by atoms with Crippen molar-refractivity contribution >= 4 is 40.4 Å². The molecule has 5 rings (SSSR count). The number of carbonyl (C=O) groups is 1. The van der Waals surface area contributed by atoms with Crippen molar-refractivity contribution in [1.29, 1.82) is 5.26 Å². The maximum Gasteiger partial charge on any atom is 0.271 e. The molecule has 42 heavy (non-hydrogen) atoms. The van der Waals surface area contributed by atoms with Crippen molar-refractivity contribution < 1.29 is 14.5 Å². The van der Waals surface area contributed by atoms with Crippen molar-refractivity contribution in [2.24, 2.45) is 5.73 Å². The smallest absolute Gasteiger partial charge is 0.271 e. The maximum absolute atomic E-state index is 13.6. The number of carbonyl (C=O) groups excluding carboxylic acids is 1. The van der Waals surface area contributed by atoms with E-state index in [9.17, 15) is 20.2 Å². The Morgan fingerprint density at radius 3 is 2.57 bits per heavy atom. The lowest BCUT2D eigenvalue weighted by atomic mass is 9.73. The molecule has 0 spiro atoms. The third-order valence-electron chi connectivity index (χ3n) is 7.83. The number of hydrogen-bond acceptors (Lipinski definition) is 7. The molecule has 2 aliphatic rings. The minimum absolute atomic E-state index is 0.0915. The lowest BCUT2D eigenvalue weighted by Crippen LogP contribution is -2.39. The van der Waals surface area contributed by atoms with Crippen molar-refractivity contribution in [2.45, 2.75) is 52.6 Å². The monoisotopic (exact) mass is 602 g/mol. The van der Waals surface area contributed by atoms with Crippen LogP contribution in [0, 0.1) is 42.2 Å². The maximum atomic E-state index is 13.6. The molecule has 1 atom stereocenters. The molecule has 0 aromatic heterocycles. The van der Waals surface area contributed by atoms with Gasteiger partial charge in [0.05, 0.1) is 33.2 Å². The van der Waals surface area contributed by atoms with Gasteiger partial charge in [0.25, 0.3) is 5.69 Å². The van der Waals surface area contributed by atoms with Crippen molar-refractivity contribution in [3.63, 3.8) is 0 Å². The number of nitro groups is 1. The van der Waals surface area contributed by atoms with Crippen LogP contribution < -0.4 is 15.4 Å². The highest BCUT2D eigenvalue weighted by Crippen LogP contribution is 2.49. The molecule has 1 heterocycles. The number of rotatable bonds is 6. The summed E-state index contributed by atoms with van der Waals surface area (Å²) in [6, 6.07) is 15.7. The molecule has 1 aliphatic carbocycles. The number of non-ortho nitro benzene ring substituents is 1. The molecule has 0 saturated carbocycles. The normalized spacial score (nSPS) is 16.8. The van der Waals surface area contributed by atoms with Crippen LogP contribution in [0.25, 0.3) is 0 Å². The van der Waals surface area contributed by atoms with Gasteiger partial charge in [-0.3, -0.25) is 19.8 Å². The number of nitrogens with two attached hydrogens (primary N) is 1. The molecule has 2 N–H and O–H groups in total. The van der Waals surface area contributed by atoms with Gasteiger partial charge in [0.1, 0.15) is 18.2 Å². The summed E-state index contributed by atoms with van der Waals surface area (Å²) in [5.74, 6) is -0.00172. The van der Waals surface area contributed by atoms with Crippen LogP contribution in [0.5, 0.6) is 5.75 Å². The quantitative estimate of drug-likeness (QED) is 0.226. The number of anilines is 1. The van der Waals surface area contributed by atoms with Gasteiger partial charge in [0.15, 0.2) is 5.78 Å². The number of aryl methyl sites for hydroxylation is 2. The number of nitro benzene ring substituents is 1. The summed E-state index contributed by atoms with van der Waals surface area (Å²) >= 11 is 12.6. The Labute approximate surface area is 253 Å². The lowest BCUT2D eigenvalue weighted by molar-refractivity contribution is -0.384. The van der Waals surface area contributed by atoms with Gasteiger partial charge in [-0.05, 0) is 80.1 Å². The molecular weight excluding hydrogens is 575 g/mol. The molecule has 0 amide bonds. The van der Waals surface area contributed by atoms with Crippen LogP contribution in [0.2, 0.25) is 10.0 Å². The SMILES string of the molecule is Cc1cc(COc2ccc(Cl)cc2C)c(C)c(C2C(C#N)=C(N)N(c3cc([N+](=O)[O-])ccc3Cl)C3=C2C(=O)CCC3)c1. The number of Topliss-reactive ketones (excluding diaryl/α,β-unsaturated/α-hetero) is 1. The van der Waals surface area contributed by atoms with Gasteiger partial charge in [-0.15, -0.1) is 0 Å². The molecule has 1 unspecified atom stereocenters. The Morgan fingerprint density at radius 2 is 1.88 bits per heavy atom. The highest BCUT2D eigenvalue weighted by atomic mass is 35.5. The topological polar surface area (TPSA) is 122 Å². The molecule has 0 saturated heterocycles. The van der Waals surface area contributed by atoms with Crippen LogP contribution in [0.15, 0.2) is 71.2 Å². The number of ether oxygens (including phenoxy) is 1. The Balaban J connectivity index is 1.66. The first-order valence-electron chi connectivity index (χ1n) is 13.4. The second-order valence-electron chi connectivity index (χ2n) is 10.5. The minimum Gasteiger partial charge on any atom is -0.489 e. The van der Waals surface area contributed by atoms with Gasteiger partial charge in [0, 0.05) is 34.8 Å². The number of hydrogen-bond donors (Lipinski definition) is 1. The highest BCUT2D eigenvalue weighted by molar-refractivity contribution is 6.33. The van der Waals surface area contributed by atoms with E-state index >= 15 is 0 Å². The molecule has 214 valence electrons. The third kappa shape index (κ3) is 5.22. The second kappa shape index (κ2) is 11.5. The molecule has 10 heteroatoms. The van der Waals surface area contributed by atoms with E-state index < -0.39 is 10.8 Å². The van der Waals surface area contributed by atoms with Gasteiger partial charge in [-0.2, -0.15) is 5.26 Å². The highest BCUT2D eigenvalue weighted by Gasteiger charge is 2.41. The van der Waals surface area contributed by atoms with Crippen LogP contribution in [0.1, 0.15) is 53.0 Å². The van der Waals surface area contributed by atoms with Crippen LogP contribution >= 0.6 is 23.2 Å². The lowest BCUT2D eigenvalue weighted by Gasteiger charge is -2.40. The molecular formula is C32H28Cl2N4O4. The van der Waals surface area contributed by atoms with Crippen molar-refractivity contribution in [2.75, 3.05) is 4.90 Å². The standard InChI is InChI=1S/C32H28Cl2N4O4/c1-17-11-20(16-42-29-10-7-21(33)13-18(29)2)19(3)23(12-17)30-24(15-35)32(36)37(26-5-4-6-28(39)31(26)30)27-14-22(38(40)41)8-9-25(27)34/h7-14,30H,4-6,16,36H2,1-3H3. The van der Waals surface area contributed by atoms with E-state index in [1.165, 1.54) is 18.2 Å². The summed E-state index contributed by atoms with van der Waals surface area (Å²) < 4.78 is 6.16. The van der Waals surface area contributed by atoms with Gasteiger partial charge < -0.3 is 10.5 Å². The van der Waals surface area contributed by atoms with E-state index in [2.05, 4.69) is 6.07 Å². The summed E-state index contributed by atoms with van der Waals surface area (Å²) in [5, 5.41) is 22.9. The molecule has 0 radical (unpaired) electrons. The Hall–Kier alpha value is -4.32. The van der Waals surface area contributed by atoms with Crippen LogP contribution in [-0.4, -0.2) is 10.7 Å². The average Bonchev–Trinajstić information content (AvgIpc) is 2.94. The Morgan fingerprint density at radius 1 is 1.12 bits per heavy atom. The average molecular weight is 604 g/mol. The zero-order valence-electron chi connectivity index (χ0n) is 23.3. The first-order valence-corrected chi connectivity index (χ1v) is 14.2. The fraction of sp³-hybridized carbons (Fsp3) is 0.250. The number of ketones is 1. The Kier molecular flexibility index (Phi) is 8.00. The van der Waals surface area contributed by atoms with E-state index in [1.54, 1.807) is 11.0 Å². The van der Waals surface area contributed by atoms with E-state index in [1.807, 2.05) is 45.0 Å². The zero-order chi connectivity index (χ0) is 30.3.